The molecule has 0 amide bonds. The average molecular weight is 373 g/mol. The normalized spacial score (nSPS) is 30.9. The first-order valence-corrected chi connectivity index (χ1v) is 9.65. The van der Waals surface area contributed by atoms with Crippen LogP contribution in [0.2, 0.25) is 0 Å². The molecule has 0 aromatic carbocycles. The van der Waals surface area contributed by atoms with E-state index in [1.54, 1.807) is 13.1 Å². The fourth-order valence-corrected chi connectivity index (χ4v) is 4.50. The lowest BCUT2D eigenvalue weighted by Crippen LogP contribution is -2.34. The summed E-state index contributed by atoms with van der Waals surface area (Å²) in [5, 5.41) is 3.48. The summed E-state index contributed by atoms with van der Waals surface area (Å²) in [7, 11) is 3.20. The van der Waals surface area contributed by atoms with E-state index in [1.807, 2.05) is 6.92 Å². The predicted molar refractivity (Wildman–Crippen MR) is 106 cm³/mol. The number of carbonyl (C=O) groups excluding carboxylic acids is 1. The minimum atomic E-state index is -0.172. The summed E-state index contributed by atoms with van der Waals surface area (Å²) in [4.78, 5) is 18.5. The van der Waals surface area contributed by atoms with Crippen LogP contribution < -0.4 is 5.32 Å². The van der Waals surface area contributed by atoms with Crippen molar-refractivity contribution in [1.29, 1.82) is 0 Å². The van der Waals surface area contributed by atoms with Gasteiger partial charge in [-0.2, -0.15) is 0 Å². The van der Waals surface area contributed by atoms with Crippen LogP contribution in [0, 0.1) is 17.3 Å². The van der Waals surface area contributed by atoms with Crippen molar-refractivity contribution in [3.63, 3.8) is 0 Å². The third-order valence-corrected chi connectivity index (χ3v) is 6.13. The zero-order chi connectivity index (χ0) is 19.6. The molecule has 0 radical (unpaired) electrons. The van der Waals surface area contributed by atoms with Crippen molar-refractivity contribution in [3.05, 3.63) is 36.3 Å². The number of likely N-dealkylation sites (tertiary alicyclic amines) is 1. The molecule has 1 saturated carbocycles. The fraction of sp³-hybridized carbons (Fsp3) is 0.619. The number of carbonyl (C=O) groups is 1. The molecule has 3 atom stereocenters. The molecule has 1 N–H and O–H groups in total. The Morgan fingerprint density at radius 2 is 2.15 bits per heavy atom. The van der Waals surface area contributed by atoms with Crippen LogP contribution in [0.1, 0.15) is 26.2 Å². The van der Waals surface area contributed by atoms with Crippen LogP contribution in [-0.4, -0.2) is 57.0 Å². The molecule has 27 heavy (non-hydrogen) atoms. The number of nitrogens with one attached hydrogen (secondary N) is 1. The van der Waals surface area contributed by atoms with Gasteiger partial charge in [0.25, 0.3) is 0 Å². The van der Waals surface area contributed by atoms with Crippen LogP contribution in [0.3, 0.4) is 0 Å². The van der Waals surface area contributed by atoms with Gasteiger partial charge in [0, 0.05) is 38.0 Å². The van der Waals surface area contributed by atoms with Gasteiger partial charge in [0.2, 0.25) is 0 Å². The maximum atomic E-state index is 11.7. The van der Waals surface area contributed by atoms with Crippen molar-refractivity contribution in [2.45, 2.75) is 26.2 Å². The number of rotatable bonds is 6. The number of esters is 1. The van der Waals surface area contributed by atoms with Crippen LogP contribution in [-0.2, 0) is 14.3 Å². The number of allylic oxidation sites excluding steroid dienone is 3. The quantitative estimate of drug-likeness (QED) is 0.255. The second kappa shape index (κ2) is 7.89. The van der Waals surface area contributed by atoms with Crippen molar-refractivity contribution in [2.24, 2.45) is 22.2 Å². The van der Waals surface area contributed by atoms with E-state index in [0.29, 0.717) is 11.2 Å². The van der Waals surface area contributed by atoms with E-state index in [1.165, 1.54) is 20.0 Å². The monoisotopic (exact) mass is 373 g/mol. The Hall–Kier alpha value is -2.08. The van der Waals surface area contributed by atoms with E-state index in [9.17, 15) is 4.79 Å². The van der Waals surface area contributed by atoms with Gasteiger partial charge in [0.1, 0.15) is 5.76 Å². The molecule has 148 valence electrons. The molecule has 0 aromatic heterocycles. The molecule has 3 fully saturated rings. The Bertz CT molecular complexity index is 689. The number of aliphatic imine (C=N–C) groups is 1. The molecule has 0 aromatic rings. The standard InChI is InChI=1S/C21H31N3O3/c1-6-16(17-11-18(17)20(25)26-5)14(2)27-15(3)19(22-4)24-10-8-21(13-24)7-9-23-12-21/h6,17-18,23H,1,3,7-13H2,2,4-5H3/b16-14-,22-19+. The van der Waals surface area contributed by atoms with E-state index in [4.69, 9.17) is 9.47 Å². The predicted octanol–water partition coefficient (Wildman–Crippen LogP) is 2.50. The van der Waals surface area contributed by atoms with Gasteiger partial charge >= 0.3 is 5.97 Å². The number of methoxy groups -OCH3 is 1. The second-order valence-corrected chi connectivity index (χ2v) is 7.86. The first-order valence-electron chi connectivity index (χ1n) is 9.65. The van der Waals surface area contributed by atoms with Gasteiger partial charge in [-0.25, -0.2) is 0 Å². The third-order valence-electron chi connectivity index (χ3n) is 6.13. The van der Waals surface area contributed by atoms with Crippen molar-refractivity contribution in [2.75, 3.05) is 40.3 Å². The maximum Gasteiger partial charge on any atom is 0.309 e. The van der Waals surface area contributed by atoms with E-state index < -0.39 is 0 Å². The van der Waals surface area contributed by atoms with E-state index >= 15 is 0 Å². The van der Waals surface area contributed by atoms with Crippen LogP contribution in [0.4, 0.5) is 0 Å². The number of hydrogen-bond acceptors (Lipinski definition) is 5. The van der Waals surface area contributed by atoms with Crippen molar-refractivity contribution in [3.8, 4) is 0 Å². The molecule has 0 bridgehead atoms. The minimum Gasteiger partial charge on any atom is -0.469 e. The van der Waals surface area contributed by atoms with Gasteiger partial charge in [0.15, 0.2) is 11.6 Å². The summed E-state index contributed by atoms with van der Waals surface area (Å²) in [5.41, 5.74) is 1.30. The molecule has 3 rings (SSSR count). The summed E-state index contributed by atoms with van der Waals surface area (Å²) >= 11 is 0. The molecule has 3 aliphatic rings. The highest BCUT2D eigenvalue weighted by Gasteiger charge is 2.46. The van der Waals surface area contributed by atoms with Gasteiger partial charge in [0.05, 0.1) is 13.0 Å². The molecule has 2 aliphatic heterocycles. The number of hydrogen-bond donors (Lipinski definition) is 1. The van der Waals surface area contributed by atoms with Gasteiger partial charge in [-0.15, -0.1) is 0 Å². The highest BCUT2D eigenvalue weighted by Crippen LogP contribution is 2.46. The largest absolute Gasteiger partial charge is 0.469 e. The first-order chi connectivity index (χ1) is 12.9. The Kier molecular flexibility index (Phi) is 5.75. The molecule has 2 saturated heterocycles. The minimum absolute atomic E-state index is 0.0950. The Labute approximate surface area is 162 Å². The summed E-state index contributed by atoms with van der Waals surface area (Å²) in [6, 6.07) is 0. The number of nitrogens with zero attached hydrogens (tertiary/aromatic N) is 2. The third kappa shape index (κ3) is 3.95. The van der Waals surface area contributed by atoms with Crippen LogP contribution in [0.25, 0.3) is 0 Å². The van der Waals surface area contributed by atoms with Crippen molar-refractivity contribution < 1.29 is 14.3 Å². The first kappa shape index (κ1) is 19.7. The van der Waals surface area contributed by atoms with Crippen molar-refractivity contribution >= 4 is 11.8 Å². The summed E-state index contributed by atoms with van der Waals surface area (Å²) in [6.07, 6.45) is 4.93. The summed E-state index contributed by atoms with van der Waals surface area (Å²) in [5.74, 6) is 1.93. The smallest absolute Gasteiger partial charge is 0.309 e. The van der Waals surface area contributed by atoms with Crippen LogP contribution in [0.15, 0.2) is 41.3 Å². The highest BCUT2D eigenvalue weighted by molar-refractivity contribution is 5.96. The topological polar surface area (TPSA) is 63.2 Å². The van der Waals surface area contributed by atoms with Crippen LogP contribution >= 0.6 is 0 Å². The maximum absolute atomic E-state index is 11.7. The second-order valence-electron chi connectivity index (χ2n) is 7.86. The average Bonchev–Trinajstić information content (AvgIpc) is 3.11. The molecule has 6 nitrogen and oxygen atoms in total. The molecular formula is C21H31N3O3. The zero-order valence-corrected chi connectivity index (χ0v) is 16.7. The Morgan fingerprint density at radius 3 is 2.74 bits per heavy atom. The van der Waals surface area contributed by atoms with E-state index in [0.717, 1.165) is 49.8 Å². The summed E-state index contributed by atoms with van der Waals surface area (Å²) in [6.45, 7) is 14.0. The molecule has 6 heteroatoms. The van der Waals surface area contributed by atoms with E-state index in [2.05, 4.69) is 28.4 Å². The Balaban J connectivity index is 1.66. The molecule has 2 heterocycles. The number of ether oxygens (including phenoxy) is 2. The molecule has 3 unspecified atom stereocenters. The van der Waals surface area contributed by atoms with Gasteiger partial charge in [-0.05, 0) is 38.3 Å². The molecule has 1 spiro atoms. The van der Waals surface area contributed by atoms with E-state index in [-0.39, 0.29) is 17.8 Å². The fourth-order valence-electron chi connectivity index (χ4n) is 4.50. The summed E-state index contributed by atoms with van der Waals surface area (Å²) < 4.78 is 10.9. The Morgan fingerprint density at radius 1 is 1.37 bits per heavy atom. The van der Waals surface area contributed by atoms with Gasteiger partial charge in [-0.3, -0.25) is 9.79 Å². The lowest BCUT2D eigenvalue weighted by atomic mass is 9.87. The SMILES string of the molecule is C=C/C(=C(\C)OC(=C)/C(=N\C)N1CCC2(CCNC2)C1)C1CC1C(=O)OC. The van der Waals surface area contributed by atoms with Gasteiger partial charge < -0.3 is 19.7 Å². The molecule has 1 aliphatic carbocycles. The van der Waals surface area contributed by atoms with Crippen LogP contribution in [0.5, 0.6) is 0 Å². The molecular weight excluding hydrogens is 342 g/mol. The van der Waals surface area contributed by atoms with Gasteiger partial charge in [-0.1, -0.05) is 19.2 Å². The zero-order valence-electron chi connectivity index (χ0n) is 16.7. The highest BCUT2D eigenvalue weighted by atomic mass is 16.5. The van der Waals surface area contributed by atoms with Crippen molar-refractivity contribution in [1.82, 2.24) is 10.2 Å². The lowest BCUT2D eigenvalue weighted by molar-refractivity contribution is -0.142. The lowest BCUT2D eigenvalue weighted by Gasteiger charge is -2.26. The number of amidine groups is 1.